The highest BCUT2D eigenvalue weighted by atomic mass is 35.5. The molecular weight excluding hydrogens is 393 g/mol. The average Bonchev–Trinajstić information content (AvgIpc) is 2.96. The third-order valence-corrected chi connectivity index (χ3v) is 5.96. The molecule has 2 aromatic carbocycles. The summed E-state index contributed by atoms with van der Waals surface area (Å²) < 4.78 is 13.2. The summed E-state index contributed by atoms with van der Waals surface area (Å²) in [6.45, 7) is 5.64. The zero-order chi connectivity index (χ0) is 20.4. The first-order valence-corrected chi connectivity index (χ1v) is 10.2. The van der Waals surface area contributed by atoms with Gasteiger partial charge in [0, 0.05) is 44.3 Å². The predicted octanol–water partition coefficient (Wildman–Crippen LogP) is 3.28. The van der Waals surface area contributed by atoms with Crippen molar-refractivity contribution in [2.75, 3.05) is 39.3 Å². The maximum atomic E-state index is 13.2. The lowest BCUT2D eigenvalue weighted by Crippen LogP contribution is -2.46. The minimum Gasteiger partial charge on any atom is -0.301 e. The highest BCUT2D eigenvalue weighted by Gasteiger charge is 2.34. The number of carbonyl (C=O) groups excluding carboxylic acids is 2. The Balaban J connectivity index is 1.22. The van der Waals surface area contributed by atoms with Gasteiger partial charge in [0.1, 0.15) is 5.82 Å². The van der Waals surface area contributed by atoms with E-state index in [0.29, 0.717) is 29.2 Å². The Morgan fingerprint density at radius 3 is 2.10 bits per heavy atom. The van der Waals surface area contributed by atoms with Crippen LogP contribution in [0.5, 0.6) is 0 Å². The lowest BCUT2D eigenvalue weighted by molar-refractivity contribution is 0.0640. The van der Waals surface area contributed by atoms with Gasteiger partial charge in [-0.1, -0.05) is 29.8 Å². The normalized spacial score (nSPS) is 17.8. The van der Waals surface area contributed by atoms with E-state index in [4.69, 9.17) is 11.6 Å². The summed E-state index contributed by atoms with van der Waals surface area (Å²) in [6, 6.07) is 11.5. The third-order valence-electron chi connectivity index (χ3n) is 5.61. The first-order valence-electron chi connectivity index (χ1n) is 9.87. The summed E-state index contributed by atoms with van der Waals surface area (Å²) in [5.41, 5.74) is 1.95. The molecule has 4 rings (SSSR count). The summed E-state index contributed by atoms with van der Waals surface area (Å²) in [5.74, 6) is -0.695. The highest BCUT2D eigenvalue weighted by molar-refractivity contribution is 6.31. The van der Waals surface area contributed by atoms with Gasteiger partial charge in [0.2, 0.25) is 0 Å². The number of hydrogen-bond acceptors (Lipinski definition) is 4. The minimum atomic E-state index is -0.318. The molecule has 29 heavy (non-hydrogen) atoms. The zero-order valence-electron chi connectivity index (χ0n) is 16.1. The second-order valence-electron chi connectivity index (χ2n) is 7.51. The maximum absolute atomic E-state index is 13.2. The molecule has 152 valence electrons. The molecule has 2 aromatic rings. The SMILES string of the molecule is O=C1c2ccccc2C(=O)N1CCCN1CCN(Cc2ccc(F)cc2Cl)CC1. The molecule has 2 aliphatic heterocycles. The van der Waals surface area contributed by atoms with Gasteiger partial charge < -0.3 is 4.90 Å². The van der Waals surface area contributed by atoms with Crippen LogP contribution < -0.4 is 0 Å². The molecule has 0 N–H and O–H groups in total. The van der Waals surface area contributed by atoms with Gasteiger partial charge in [0.15, 0.2) is 0 Å². The van der Waals surface area contributed by atoms with Crippen molar-refractivity contribution in [3.8, 4) is 0 Å². The summed E-state index contributed by atoms with van der Waals surface area (Å²) >= 11 is 6.13. The number of piperazine rings is 1. The fraction of sp³-hybridized carbons (Fsp3) is 0.364. The van der Waals surface area contributed by atoms with Crippen molar-refractivity contribution >= 4 is 23.4 Å². The smallest absolute Gasteiger partial charge is 0.261 e. The van der Waals surface area contributed by atoms with Gasteiger partial charge in [-0.25, -0.2) is 4.39 Å². The van der Waals surface area contributed by atoms with E-state index in [1.807, 2.05) is 0 Å². The predicted molar refractivity (Wildman–Crippen MR) is 110 cm³/mol. The van der Waals surface area contributed by atoms with Gasteiger partial charge in [-0.05, 0) is 42.8 Å². The highest BCUT2D eigenvalue weighted by Crippen LogP contribution is 2.23. The summed E-state index contributed by atoms with van der Waals surface area (Å²) in [6.07, 6.45) is 0.759. The van der Waals surface area contributed by atoms with Crippen LogP contribution in [0.2, 0.25) is 5.02 Å². The van der Waals surface area contributed by atoms with E-state index in [2.05, 4.69) is 9.80 Å². The monoisotopic (exact) mass is 415 g/mol. The van der Waals surface area contributed by atoms with Crippen molar-refractivity contribution in [1.29, 1.82) is 0 Å². The first kappa shape index (κ1) is 20.0. The fourth-order valence-corrected chi connectivity index (χ4v) is 4.18. The lowest BCUT2D eigenvalue weighted by atomic mass is 10.1. The molecule has 2 heterocycles. The van der Waals surface area contributed by atoms with E-state index >= 15 is 0 Å². The molecule has 0 aliphatic carbocycles. The van der Waals surface area contributed by atoms with Crippen LogP contribution in [-0.2, 0) is 6.54 Å². The number of benzene rings is 2. The Labute approximate surface area is 174 Å². The minimum absolute atomic E-state index is 0.188. The van der Waals surface area contributed by atoms with Crippen LogP contribution in [0.1, 0.15) is 32.7 Å². The van der Waals surface area contributed by atoms with E-state index in [1.165, 1.54) is 17.0 Å². The standard InChI is InChI=1S/C22H23ClFN3O2/c23-20-14-17(24)7-6-16(20)15-26-12-10-25(11-13-26)8-3-9-27-21(28)18-4-1-2-5-19(18)22(27)29/h1-2,4-7,14H,3,8-13,15H2. The molecule has 1 fully saturated rings. The van der Waals surface area contributed by atoms with Crippen molar-refractivity contribution in [2.24, 2.45) is 0 Å². The zero-order valence-corrected chi connectivity index (χ0v) is 16.9. The van der Waals surface area contributed by atoms with Gasteiger partial charge in [-0.15, -0.1) is 0 Å². The summed E-state index contributed by atoms with van der Waals surface area (Å²) in [7, 11) is 0. The Kier molecular flexibility index (Phi) is 5.94. The summed E-state index contributed by atoms with van der Waals surface area (Å²) in [5, 5.41) is 0.466. The van der Waals surface area contributed by atoms with E-state index in [0.717, 1.165) is 44.7 Å². The second kappa shape index (κ2) is 8.61. The van der Waals surface area contributed by atoms with Crippen molar-refractivity contribution < 1.29 is 14.0 Å². The average molecular weight is 416 g/mol. The Morgan fingerprint density at radius 2 is 1.48 bits per heavy atom. The van der Waals surface area contributed by atoms with Crippen LogP contribution in [0.3, 0.4) is 0 Å². The summed E-state index contributed by atoms with van der Waals surface area (Å²) in [4.78, 5) is 30.8. The molecule has 2 aliphatic rings. The lowest BCUT2D eigenvalue weighted by Gasteiger charge is -2.35. The molecule has 2 amide bonds. The van der Waals surface area contributed by atoms with Gasteiger partial charge in [0.05, 0.1) is 11.1 Å². The largest absolute Gasteiger partial charge is 0.301 e. The topological polar surface area (TPSA) is 43.9 Å². The molecule has 5 nitrogen and oxygen atoms in total. The molecular formula is C22H23ClFN3O2. The number of nitrogens with zero attached hydrogens (tertiary/aromatic N) is 3. The molecule has 0 unspecified atom stereocenters. The van der Waals surface area contributed by atoms with E-state index < -0.39 is 0 Å². The quantitative estimate of drug-likeness (QED) is 0.679. The number of rotatable bonds is 6. The van der Waals surface area contributed by atoms with Crippen molar-refractivity contribution in [1.82, 2.24) is 14.7 Å². The maximum Gasteiger partial charge on any atom is 0.261 e. The fourth-order valence-electron chi connectivity index (χ4n) is 3.96. The van der Waals surface area contributed by atoms with Crippen LogP contribution >= 0.6 is 11.6 Å². The third kappa shape index (κ3) is 4.34. The van der Waals surface area contributed by atoms with Crippen molar-refractivity contribution in [3.05, 3.63) is 70.0 Å². The Morgan fingerprint density at radius 1 is 0.862 bits per heavy atom. The van der Waals surface area contributed by atoms with Crippen LogP contribution in [0.4, 0.5) is 4.39 Å². The van der Waals surface area contributed by atoms with Gasteiger partial charge >= 0.3 is 0 Å². The first-order chi connectivity index (χ1) is 14.0. The molecule has 0 atom stereocenters. The molecule has 0 aromatic heterocycles. The van der Waals surface area contributed by atoms with Crippen LogP contribution in [0, 0.1) is 5.82 Å². The molecule has 0 bridgehead atoms. The number of imide groups is 1. The number of fused-ring (bicyclic) bond motifs is 1. The van der Waals surface area contributed by atoms with E-state index in [1.54, 1.807) is 30.3 Å². The van der Waals surface area contributed by atoms with Crippen molar-refractivity contribution in [3.63, 3.8) is 0 Å². The van der Waals surface area contributed by atoms with Gasteiger partial charge in [0.25, 0.3) is 11.8 Å². The van der Waals surface area contributed by atoms with Crippen molar-refractivity contribution in [2.45, 2.75) is 13.0 Å². The van der Waals surface area contributed by atoms with E-state index in [-0.39, 0.29) is 17.6 Å². The molecule has 7 heteroatoms. The molecule has 0 radical (unpaired) electrons. The van der Waals surface area contributed by atoms with Gasteiger partial charge in [-0.2, -0.15) is 0 Å². The second-order valence-corrected chi connectivity index (χ2v) is 7.92. The molecule has 0 saturated carbocycles. The number of amides is 2. The molecule has 0 spiro atoms. The number of hydrogen-bond donors (Lipinski definition) is 0. The number of halogens is 2. The Hall–Kier alpha value is -2.28. The van der Waals surface area contributed by atoms with Gasteiger partial charge in [-0.3, -0.25) is 19.4 Å². The Bertz CT molecular complexity index is 893. The molecule has 1 saturated heterocycles. The van der Waals surface area contributed by atoms with E-state index in [9.17, 15) is 14.0 Å². The van der Waals surface area contributed by atoms with Crippen LogP contribution in [0.25, 0.3) is 0 Å². The van der Waals surface area contributed by atoms with Crippen LogP contribution in [0.15, 0.2) is 42.5 Å². The van der Waals surface area contributed by atoms with Crippen LogP contribution in [-0.4, -0.2) is 65.8 Å². The number of carbonyl (C=O) groups is 2.